The standard InChI is InChI=1S/C31H24NO/c1-21-14-19-27-26-12-8-11-25(24-17-15-23(16-18-24)22-9-4-3-5-10-22)30(26)33-31(27)29(21)28-13-6-7-20-32(28)2/h3-20H,1-2H3/q+1/i15D,16D,17D,18D. The minimum atomic E-state index is -0.0846. The lowest BCUT2D eigenvalue weighted by Gasteiger charge is -2.06. The number of rotatable bonds is 3. The summed E-state index contributed by atoms with van der Waals surface area (Å²) in [5.74, 6) is 0. The fourth-order valence-corrected chi connectivity index (χ4v) is 4.45. The van der Waals surface area contributed by atoms with Gasteiger partial charge in [0, 0.05) is 28.5 Å². The minimum absolute atomic E-state index is 0.0665. The molecule has 0 N–H and O–H groups in total. The molecule has 2 heterocycles. The van der Waals surface area contributed by atoms with Crippen molar-refractivity contribution in [2.24, 2.45) is 7.05 Å². The van der Waals surface area contributed by atoms with Crippen LogP contribution in [0, 0.1) is 6.92 Å². The van der Waals surface area contributed by atoms with Crippen LogP contribution in [-0.4, -0.2) is 0 Å². The zero-order chi connectivity index (χ0) is 25.8. The first kappa shape index (κ1) is 15.6. The van der Waals surface area contributed by atoms with Crippen LogP contribution in [0.4, 0.5) is 0 Å². The molecule has 0 spiro atoms. The molecule has 6 aromatic rings. The summed E-state index contributed by atoms with van der Waals surface area (Å²) in [5, 5.41) is 1.81. The lowest BCUT2D eigenvalue weighted by atomic mass is 9.98. The van der Waals surface area contributed by atoms with E-state index in [-0.39, 0.29) is 29.7 Å². The molecule has 0 atom stereocenters. The fourth-order valence-electron chi connectivity index (χ4n) is 4.45. The van der Waals surface area contributed by atoms with E-state index in [1.165, 1.54) is 0 Å². The smallest absolute Gasteiger partial charge is 0.216 e. The van der Waals surface area contributed by atoms with E-state index in [2.05, 4.69) is 23.6 Å². The van der Waals surface area contributed by atoms with Crippen molar-refractivity contribution in [1.29, 1.82) is 0 Å². The third-order valence-electron chi connectivity index (χ3n) is 6.14. The van der Waals surface area contributed by atoms with Crippen molar-refractivity contribution in [2.75, 3.05) is 0 Å². The van der Waals surface area contributed by atoms with E-state index in [0.717, 1.165) is 33.2 Å². The molecule has 2 aromatic heterocycles. The predicted molar refractivity (Wildman–Crippen MR) is 136 cm³/mol. The van der Waals surface area contributed by atoms with Crippen LogP contribution in [0.2, 0.25) is 0 Å². The highest BCUT2D eigenvalue weighted by Crippen LogP contribution is 2.40. The third-order valence-corrected chi connectivity index (χ3v) is 6.14. The van der Waals surface area contributed by atoms with Gasteiger partial charge >= 0.3 is 0 Å². The third kappa shape index (κ3) is 3.23. The minimum Gasteiger partial charge on any atom is -0.454 e. The normalized spacial score (nSPS) is 13.0. The van der Waals surface area contributed by atoms with E-state index in [0.29, 0.717) is 22.3 Å². The van der Waals surface area contributed by atoms with Crippen LogP contribution in [0.3, 0.4) is 0 Å². The van der Waals surface area contributed by atoms with Crippen LogP contribution >= 0.6 is 0 Å². The Morgan fingerprint density at radius 1 is 0.667 bits per heavy atom. The van der Waals surface area contributed by atoms with Gasteiger partial charge in [-0.15, -0.1) is 0 Å². The topological polar surface area (TPSA) is 17.0 Å². The molecule has 0 amide bonds. The predicted octanol–water partition coefficient (Wildman–Crippen LogP) is 7.72. The van der Waals surface area contributed by atoms with Gasteiger partial charge < -0.3 is 4.42 Å². The highest BCUT2D eigenvalue weighted by molar-refractivity contribution is 6.13. The van der Waals surface area contributed by atoms with E-state index < -0.39 is 0 Å². The maximum Gasteiger partial charge on any atom is 0.216 e. The van der Waals surface area contributed by atoms with Crippen molar-refractivity contribution in [3.8, 4) is 33.5 Å². The molecule has 0 fully saturated rings. The van der Waals surface area contributed by atoms with E-state index in [1.54, 1.807) is 12.1 Å². The number of furan rings is 1. The number of hydrogen-bond donors (Lipinski definition) is 0. The maximum absolute atomic E-state index is 8.87. The van der Waals surface area contributed by atoms with Gasteiger partial charge in [0.25, 0.3) is 0 Å². The van der Waals surface area contributed by atoms with Gasteiger partial charge in [0.2, 0.25) is 5.69 Å². The van der Waals surface area contributed by atoms with Crippen LogP contribution in [0.25, 0.3) is 55.4 Å². The fraction of sp³-hybridized carbons (Fsp3) is 0.0645. The van der Waals surface area contributed by atoms with Gasteiger partial charge in [0.1, 0.15) is 18.2 Å². The quantitative estimate of drug-likeness (QED) is 0.263. The molecule has 4 aromatic carbocycles. The SMILES string of the molecule is [2H]c1c([2H])c(-c2cccc3c2oc2c(-c4cccc[n+]4C)c(C)ccc23)c([2H])c([2H])c1-c1ccccc1. The summed E-state index contributed by atoms with van der Waals surface area (Å²) in [6.07, 6.45) is 2.00. The van der Waals surface area contributed by atoms with Gasteiger partial charge in [-0.1, -0.05) is 84.8 Å². The van der Waals surface area contributed by atoms with Gasteiger partial charge in [-0.3, -0.25) is 0 Å². The Morgan fingerprint density at radius 2 is 1.39 bits per heavy atom. The molecule has 2 heteroatoms. The highest BCUT2D eigenvalue weighted by atomic mass is 16.3. The number of para-hydroxylation sites is 1. The van der Waals surface area contributed by atoms with Crippen LogP contribution in [-0.2, 0) is 7.05 Å². The average molecular weight is 431 g/mol. The number of aryl methyl sites for hydroxylation is 2. The van der Waals surface area contributed by atoms with Crippen LogP contribution in [0.15, 0.2) is 114 Å². The number of hydrogen-bond acceptors (Lipinski definition) is 1. The van der Waals surface area contributed by atoms with Crippen LogP contribution in [0.1, 0.15) is 11.0 Å². The van der Waals surface area contributed by atoms with E-state index in [4.69, 9.17) is 9.90 Å². The number of nitrogens with zero attached hydrogens (tertiary/aromatic N) is 1. The van der Waals surface area contributed by atoms with Crippen molar-refractivity contribution < 1.29 is 14.5 Å². The van der Waals surface area contributed by atoms with Gasteiger partial charge in [-0.2, -0.15) is 0 Å². The van der Waals surface area contributed by atoms with Gasteiger partial charge in [-0.25, -0.2) is 4.57 Å². The molecule has 0 bridgehead atoms. The Bertz CT molecular complexity index is 1810. The Balaban J connectivity index is 1.67. The Morgan fingerprint density at radius 3 is 2.18 bits per heavy atom. The van der Waals surface area contributed by atoms with Gasteiger partial charge in [0.05, 0.1) is 11.0 Å². The second-order valence-corrected chi connectivity index (χ2v) is 8.23. The molecule has 0 radical (unpaired) electrons. The van der Waals surface area contributed by atoms with Crippen molar-refractivity contribution in [1.82, 2.24) is 0 Å². The van der Waals surface area contributed by atoms with Crippen LogP contribution < -0.4 is 4.57 Å². The van der Waals surface area contributed by atoms with Crippen molar-refractivity contribution in [2.45, 2.75) is 6.92 Å². The number of aromatic nitrogens is 1. The zero-order valence-corrected chi connectivity index (χ0v) is 18.4. The van der Waals surface area contributed by atoms with E-state index >= 15 is 0 Å². The highest BCUT2D eigenvalue weighted by Gasteiger charge is 2.21. The van der Waals surface area contributed by atoms with Crippen molar-refractivity contribution in [3.05, 3.63) is 115 Å². The molecule has 33 heavy (non-hydrogen) atoms. The largest absolute Gasteiger partial charge is 0.454 e. The first-order valence-corrected chi connectivity index (χ1v) is 10.9. The van der Waals surface area contributed by atoms with Crippen molar-refractivity contribution >= 4 is 21.9 Å². The number of pyridine rings is 1. The molecule has 0 saturated carbocycles. The first-order valence-electron chi connectivity index (χ1n) is 12.9. The molecule has 158 valence electrons. The van der Waals surface area contributed by atoms with Crippen molar-refractivity contribution in [3.63, 3.8) is 0 Å². The second-order valence-electron chi connectivity index (χ2n) is 8.23. The summed E-state index contributed by atoms with van der Waals surface area (Å²) in [6, 6.07) is 24.7. The Hall–Kier alpha value is -4.17. The average Bonchev–Trinajstić information content (AvgIpc) is 3.28. The van der Waals surface area contributed by atoms with Crippen LogP contribution in [0.5, 0.6) is 0 Å². The molecule has 6 rings (SSSR count). The molecule has 0 aliphatic rings. The summed E-state index contributed by atoms with van der Waals surface area (Å²) >= 11 is 0. The molecule has 2 nitrogen and oxygen atoms in total. The molecule has 0 aliphatic heterocycles. The van der Waals surface area contributed by atoms with Gasteiger partial charge in [0.15, 0.2) is 6.20 Å². The molecule has 0 aliphatic carbocycles. The monoisotopic (exact) mass is 430 g/mol. The second kappa shape index (κ2) is 7.75. The summed E-state index contributed by atoms with van der Waals surface area (Å²) < 4.78 is 43.9. The number of benzene rings is 4. The summed E-state index contributed by atoms with van der Waals surface area (Å²) in [4.78, 5) is 0. The zero-order valence-electron chi connectivity index (χ0n) is 22.4. The van der Waals surface area contributed by atoms with E-state index in [9.17, 15) is 0 Å². The Labute approximate surface area is 199 Å². The number of fused-ring (bicyclic) bond motifs is 3. The molecular formula is C31H24NO+. The maximum atomic E-state index is 8.87. The molecule has 0 saturated heterocycles. The van der Waals surface area contributed by atoms with Gasteiger partial charge in [-0.05, 0) is 35.2 Å². The Kier molecular flexibility index (Phi) is 3.67. The molecular weight excluding hydrogens is 402 g/mol. The lowest BCUT2D eigenvalue weighted by molar-refractivity contribution is -0.660. The lowest BCUT2D eigenvalue weighted by Crippen LogP contribution is -2.30. The summed E-state index contributed by atoms with van der Waals surface area (Å²) in [5.41, 5.74) is 6.11. The first-order chi connectivity index (χ1) is 17.9. The summed E-state index contributed by atoms with van der Waals surface area (Å²) in [7, 11) is 2.00. The van der Waals surface area contributed by atoms with E-state index in [1.807, 2.05) is 67.8 Å². The summed E-state index contributed by atoms with van der Waals surface area (Å²) in [6.45, 7) is 2.06. The molecule has 0 unspecified atom stereocenters.